The minimum atomic E-state index is -1.53. The summed E-state index contributed by atoms with van der Waals surface area (Å²) in [7, 11) is 0. The SMILES string of the molecule is O=C(O)c1c(C(=O)N2N=C3/C(=C/c4ccccc4)CCC[C@H]3[C@@H]2c2ccccc2)cccc1[N+](=O)[O-]. The van der Waals surface area contributed by atoms with Crippen LogP contribution in [-0.2, 0) is 0 Å². The minimum Gasteiger partial charge on any atom is -0.477 e. The van der Waals surface area contributed by atoms with E-state index < -0.39 is 34.1 Å². The lowest BCUT2D eigenvalue weighted by Crippen LogP contribution is -2.32. The second-order valence-corrected chi connectivity index (χ2v) is 8.83. The Morgan fingerprint density at radius 2 is 1.69 bits per heavy atom. The van der Waals surface area contributed by atoms with Gasteiger partial charge in [0.1, 0.15) is 5.56 Å². The van der Waals surface area contributed by atoms with Gasteiger partial charge in [-0.15, -0.1) is 0 Å². The summed E-state index contributed by atoms with van der Waals surface area (Å²) in [6.07, 6.45) is 4.63. The number of hydrogen-bond donors (Lipinski definition) is 1. The summed E-state index contributed by atoms with van der Waals surface area (Å²) in [4.78, 5) is 36.6. The number of carboxylic acid groups (broad SMARTS) is 1. The van der Waals surface area contributed by atoms with E-state index in [0.717, 1.165) is 47.7 Å². The monoisotopic (exact) mass is 481 g/mol. The molecule has 180 valence electrons. The summed E-state index contributed by atoms with van der Waals surface area (Å²) in [5.41, 5.74) is 2.23. The van der Waals surface area contributed by atoms with Gasteiger partial charge in [0, 0.05) is 12.0 Å². The number of allylic oxidation sites excluding steroid dienone is 1. The molecule has 0 aromatic heterocycles. The number of aromatic carboxylic acids is 1. The normalized spacial score (nSPS) is 20.1. The number of benzene rings is 3. The van der Waals surface area contributed by atoms with E-state index in [1.165, 1.54) is 17.1 Å². The molecule has 1 amide bonds. The first-order valence-electron chi connectivity index (χ1n) is 11.7. The molecule has 0 saturated heterocycles. The lowest BCUT2D eigenvalue weighted by molar-refractivity contribution is -0.385. The van der Waals surface area contributed by atoms with E-state index >= 15 is 0 Å². The van der Waals surface area contributed by atoms with Gasteiger partial charge >= 0.3 is 5.97 Å². The van der Waals surface area contributed by atoms with Crippen LogP contribution in [0.5, 0.6) is 0 Å². The van der Waals surface area contributed by atoms with Gasteiger partial charge in [-0.25, -0.2) is 9.80 Å². The molecule has 1 aliphatic carbocycles. The molecule has 2 aliphatic rings. The minimum absolute atomic E-state index is 0.0768. The second-order valence-electron chi connectivity index (χ2n) is 8.83. The molecule has 8 heteroatoms. The summed E-state index contributed by atoms with van der Waals surface area (Å²) in [5.74, 6) is -2.28. The van der Waals surface area contributed by atoms with Crippen LogP contribution in [-0.4, -0.2) is 32.6 Å². The number of nitro benzene ring substituents is 1. The summed E-state index contributed by atoms with van der Waals surface area (Å²) in [6, 6.07) is 22.6. The first-order valence-corrected chi connectivity index (χ1v) is 11.7. The molecule has 1 fully saturated rings. The summed E-state index contributed by atoms with van der Waals surface area (Å²) in [6.45, 7) is 0. The number of carbonyl (C=O) groups excluding carboxylic acids is 1. The summed E-state index contributed by atoms with van der Waals surface area (Å²) < 4.78 is 0. The van der Waals surface area contributed by atoms with Crippen molar-refractivity contribution in [2.75, 3.05) is 0 Å². The third-order valence-electron chi connectivity index (χ3n) is 6.67. The number of fused-ring (bicyclic) bond motifs is 1. The highest BCUT2D eigenvalue weighted by molar-refractivity contribution is 6.11. The van der Waals surface area contributed by atoms with Gasteiger partial charge in [0.25, 0.3) is 11.6 Å². The van der Waals surface area contributed by atoms with Crippen molar-refractivity contribution in [3.8, 4) is 0 Å². The molecular weight excluding hydrogens is 458 g/mol. The number of nitro groups is 1. The van der Waals surface area contributed by atoms with E-state index in [2.05, 4.69) is 6.08 Å². The number of hydrazone groups is 1. The molecule has 0 unspecified atom stereocenters. The quantitative estimate of drug-likeness (QED) is 0.369. The Hall–Kier alpha value is -4.59. The van der Waals surface area contributed by atoms with E-state index in [-0.39, 0.29) is 11.5 Å². The van der Waals surface area contributed by atoms with Gasteiger partial charge in [-0.05, 0) is 48.1 Å². The van der Waals surface area contributed by atoms with E-state index in [9.17, 15) is 24.8 Å². The van der Waals surface area contributed by atoms with Gasteiger partial charge < -0.3 is 5.11 Å². The predicted octanol–water partition coefficient (Wildman–Crippen LogP) is 5.73. The van der Waals surface area contributed by atoms with Crippen LogP contribution < -0.4 is 0 Å². The lowest BCUT2D eigenvalue weighted by atomic mass is 9.77. The van der Waals surface area contributed by atoms with Crippen LogP contribution >= 0.6 is 0 Å². The molecule has 1 heterocycles. The smallest absolute Gasteiger partial charge is 0.343 e. The lowest BCUT2D eigenvalue weighted by Gasteiger charge is -2.29. The maximum Gasteiger partial charge on any atom is 0.343 e. The zero-order chi connectivity index (χ0) is 25.2. The van der Waals surface area contributed by atoms with Crippen LogP contribution in [0.1, 0.15) is 57.1 Å². The average Bonchev–Trinajstić information content (AvgIpc) is 3.29. The molecular formula is C28H23N3O5. The van der Waals surface area contributed by atoms with Crippen molar-refractivity contribution in [1.29, 1.82) is 0 Å². The van der Waals surface area contributed by atoms with Crippen molar-refractivity contribution < 1.29 is 19.6 Å². The van der Waals surface area contributed by atoms with Crippen molar-refractivity contribution in [3.05, 3.63) is 117 Å². The predicted molar refractivity (Wildman–Crippen MR) is 135 cm³/mol. The summed E-state index contributed by atoms with van der Waals surface area (Å²) in [5, 5.41) is 27.4. The van der Waals surface area contributed by atoms with Crippen molar-refractivity contribution in [2.45, 2.75) is 25.3 Å². The zero-order valence-electron chi connectivity index (χ0n) is 19.3. The van der Waals surface area contributed by atoms with E-state index in [1.54, 1.807) is 0 Å². The molecule has 8 nitrogen and oxygen atoms in total. The Labute approximate surface area is 207 Å². The van der Waals surface area contributed by atoms with Crippen LogP contribution in [0.2, 0.25) is 0 Å². The summed E-state index contributed by atoms with van der Waals surface area (Å²) >= 11 is 0. The largest absolute Gasteiger partial charge is 0.477 e. The standard InChI is InChI=1S/C28H23N3O5/c32-27(21-14-8-16-23(31(35)36)24(21)28(33)34)30-26(19-11-5-2-6-12-19)22-15-7-13-20(25(22)29-30)17-18-9-3-1-4-10-18/h1-6,8-12,14,16-17,22,26H,7,13,15H2,(H,33,34)/b20-17+/t22-,26+/m1/s1. The van der Waals surface area contributed by atoms with Gasteiger partial charge in [0.2, 0.25) is 0 Å². The van der Waals surface area contributed by atoms with Crippen LogP contribution in [0.4, 0.5) is 5.69 Å². The Kier molecular flexibility index (Phi) is 6.16. The van der Waals surface area contributed by atoms with Gasteiger partial charge in [0.15, 0.2) is 0 Å². The molecule has 5 rings (SSSR count). The Morgan fingerprint density at radius 1 is 1.00 bits per heavy atom. The molecule has 0 spiro atoms. The highest BCUT2D eigenvalue weighted by Gasteiger charge is 2.45. The maximum absolute atomic E-state index is 13.9. The topological polar surface area (TPSA) is 113 Å². The number of nitrogens with zero attached hydrogens (tertiary/aromatic N) is 3. The fourth-order valence-electron chi connectivity index (χ4n) is 5.12. The van der Waals surface area contributed by atoms with Crippen LogP contribution in [0, 0.1) is 16.0 Å². The Morgan fingerprint density at radius 3 is 2.36 bits per heavy atom. The highest BCUT2D eigenvalue weighted by atomic mass is 16.6. The van der Waals surface area contributed by atoms with E-state index in [1.807, 2.05) is 60.7 Å². The van der Waals surface area contributed by atoms with Crippen molar-refractivity contribution in [1.82, 2.24) is 5.01 Å². The zero-order valence-corrected chi connectivity index (χ0v) is 19.3. The van der Waals surface area contributed by atoms with Crippen molar-refractivity contribution in [2.24, 2.45) is 11.0 Å². The fourth-order valence-corrected chi connectivity index (χ4v) is 5.12. The van der Waals surface area contributed by atoms with Crippen molar-refractivity contribution in [3.63, 3.8) is 0 Å². The van der Waals surface area contributed by atoms with Crippen LogP contribution in [0.25, 0.3) is 6.08 Å². The molecule has 2 atom stereocenters. The third-order valence-corrected chi connectivity index (χ3v) is 6.67. The van der Waals surface area contributed by atoms with Gasteiger partial charge in [-0.2, -0.15) is 5.10 Å². The molecule has 0 radical (unpaired) electrons. The highest BCUT2D eigenvalue weighted by Crippen LogP contribution is 2.45. The first-order chi connectivity index (χ1) is 17.5. The molecule has 0 bridgehead atoms. The number of hydrogen-bond acceptors (Lipinski definition) is 5. The molecule has 3 aromatic rings. The Balaban J connectivity index is 1.64. The molecule has 1 saturated carbocycles. The van der Waals surface area contributed by atoms with E-state index in [4.69, 9.17) is 5.10 Å². The van der Waals surface area contributed by atoms with Gasteiger partial charge in [0.05, 0.1) is 22.2 Å². The van der Waals surface area contributed by atoms with Crippen LogP contribution in [0.3, 0.4) is 0 Å². The second kappa shape index (κ2) is 9.58. The molecule has 1 aliphatic heterocycles. The van der Waals surface area contributed by atoms with Crippen molar-refractivity contribution >= 4 is 29.4 Å². The molecule has 3 aromatic carbocycles. The number of rotatable bonds is 5. The van der Waals surface area contributed by atoms with E-state index in [0.29, 0.717) is 0 Å². The number of amides is 1. The first kappa shape index (κ1) is 23.2. The fraction of sp³-hybridized carbons (Fsp3) is 0.179. The number of carbonyl (C=O) groups is 2. The third kappa shape index (κ3) is 4.17. The number of carboxylic acids is 1. The Bertz CT molecular complexity index is 1400. The molecule has 1 N–H and O–H groups in total. The maximum atomic E-state index is 13.9. The van der Waals surface area contributed by atoms with Gasteiger partial charge in [-0.3, -0.25) is 14.9 Å². The molecule has 36 heavy (non-hydrogen) atoms. The van der Waals surface area contributed by atoms with Gasteiger partial charge in [-0.1, -0.05) is 66.7 Å². The van der Waals surface area contributed by atoms with Crippen LogP contribution in [0.15, 0.2) is 89.5 Å². The average molecular weight is 482 g/mol.